The molecule has 3 nitrogen and oxygen atoms in total. The van der Waals surface area contributed by atoms with E-state index in [9.17, 15) is 8.78 Å². The van der Waals surface area contributed by atoms with Crippen LogP contribution in [0.1, 0.15) is 74.3 Å². The summed E-state index contributed by atoms with van der Waals surface area (Å²) in [6.45, 7) is 15.6. The summed E-state index contributed by atoms with van der Waals surface area (Å²) in [6.07, 6.45) is 4.82. The highest BCUT2D eigenvalue weighted by Crippen LogP contribution is 2.43. The minimum absolute atomic E-state index is 0.0520. The van der Waals surface area contributed by atoms with Gasteiger partial charge in [0.15, 0.2) is 0 Å². The van der Waals surface area contributed by atoms with E-state index in [1.54, 1.807) is 30.2 Å². The second-order valence-corrected chi connectivity index (χ2v) is 9.87. The Balaban J connectivity index is 1.91. The molecule has 0 fully saturated rings. The van der Waals surface area contributed by atoms with Crippen molar-refractivity contribution in [2.45, 2.75) is 59.8 Å². The third-order valence-electron chi connectivity index (χ3n) is 7.03. The number of allylic oxidation sites excluding steroid dienone is 3. The average molecular weight is 476 g/mol. The molecule has 2 aromatic carbocycles. The van der Waals surface area contributed by atoms with Crippen molar-refractivity contribution in [1.29, 1.82) is 0 Å². The molecule has 0 saturated carbocycles. The van der Waals surface area contributed by atoms with Crippen molar-refractivity contribution < 1.29 is 8.78 Å². The summed E-state index contributed by atoms with van der Waals surface area (Å²) in [4.78, 5) is 2.22. The fourth-order valence-electron chi connectivity index (χ4n) is 5.30. The Hall–Kier alpha value is -3.21. The molecule has 0 N–H and O–H groups in total. The molecule has 0 atom stereocenters. The van der Waals surface area contributed by atoms with Gasteiger partial charge in [-0.2, -0.15) is 5.10 Å². The van der Waals surface area contributed by atoms with Gasteiger partial charge in [0.25, 0.3) is 6.43 Å². The minimum atomic E-state index is -2.57. The summed E-state index contributed by atoms with van der Waals surface area (Å²) in [5, 5.41) is 4.20. The lowest BCUT2D eigenvalue weighted by atomic mass is 9.87. The molecule has 0 unspecified atom stereocenters. The third kappa shape index (κ3) is 4.69. The fourth-order valence-corrected chi connectivity index (χ4v) is 5.30. The summed E-state index contributed by atoms with van der Waals surface area (Å²) in [5.74, 6) is 0.339. The van der Waals surface area contributed by atoms with E-state index in [2.05, 4.69) is 55.6 Å². The zero-order chi connectivity index (χ0) is 25.4. The number of nitrogens with zero attached hydrogens (tertiary/aromatic N) is 3. The van der Waals surface area contributed by atoms with Crippen LogP contribution in [0, 0.1) is 6.92 Å². The first kappa shape index (κ1) is 24.9. The second kappa shape index (κ2) is 9.80. The summed E-state index contributed by atoms with van der Waals surface area (Å²) < 4.78 is 30.2. The Morgan fingerprint density at radius 2 is 1.89 bits per heavy atom. The van der Waals surface area contributed by atoms with E-state index in [1.807, 2.05) is 19.9 Å². The number of halogens is 2. The van der Waals surface area contributed by atoms with Gasteiger partial charge in [0.2, 0.25) is 0 Å². The molecule has 3 aromatic rings. The number of fused-ring (bicyclic) bond motifs is 1. The van der Waals surface area contributed by atoms with Crippen LogP contribution in [0.3, 0.4) is 0 Å². The number of benzene rings is 2. The molecule has 0 aliphatic carbocycles. The Morgan fingerprint density at radius 1 is 1.14 bits per heavy atom. The van der Waals surface area contributed by atoms with E-state index in [4.69, 9.17) is 0 Å². The monoisotopic (exact) mass is 475 g/mol. The van der Waals surface area contributed by atoms with E-state index in [0.29, 0.717) is 11.5 Å². The molecule has 184 valence electrons. The number of hydrogen-bond acceptors (Lipinski definition) is 2. The molecule has 1 aromatic heterocycles. The zero-order valence-electron chi connectivity index (χ0n) is 21.6. The van der Waals surface area contributed by atoms with E-state index in [1.165, 1.54) is 11.1 Å². The van der Waals surface area contributed by atoms with Crippen LogP contribution in [0.4, 0.5) is 20.2 Å². The highest BCUT2D eigenvalue weighted by molar-refractivity contribution is 5.84. The van der Waals surface area contributed by atoms with Gasteiger partial charge < -0.3 is 4.90 Å². The smallest absolute Gasteiger partial charge is 0.264 e. The van der Waals surface area contributed by atoms with E-state index in [-0.39, 0.29) is 5.56 Å². The van der Waals surface area contributed by atoms with Crippen molar-refractivity contribution in [3.8, 4) is 11.1 Å². The van der Waals surface area contributed by atoms with Crippen LogP contribution in [-0.4, -0.2) is 16.3 Å². The summed E-state index contributed by atoms with van der Waals surface area (Å²) >= 11 is 0. The molecule has 0 saturated heterocycles. The third-order valence-corrected chi connectivity index (χ3v) is 7.03. The number of alkyl halides is 2. The lowest BCUT2D eigenvalue weighted by Crippen LogP contribution is -2.25. The number of hydrogen-bond donors (Lipinski definition) is 0. The van der Waals surface area contributed by atoms with Crippen LogP contribution in [0.5, 0.6) is 0 Å². The van der Waals surface area contributed by atoms with Crippen LogP contribution in [0.15, 0.2) is 54.9 Å². The van der Waals surface area contributed by atoms with Crippen LogP contribution in [-0.2, 0) is 13.5 Å². The van der Waals surface area contributed by atoms with Gasteiger partial charge in [0.1, 0.15) is 0 Å². The molecule has 35 heavy (non-hydrogen) atoms. The standard InChI is InChI=1S/C30H35F2N3/c1-8-24(18(2)3)26-14-23(13-25(19(4)5)20(26)6)35-11-9-10-21-12-27(22-16-33-34(7)17-22)28(30(31)32)15-29(21)35/h8,12-17,19,30H,2,9-11H2,1,3-7H3/b24-8-. The van der Waals surface area contributed by atoms with E-state index < -0.39 is 6.43 Å². The van der Waals surface area contributed by atoms with Gasteiger partial charge >= 0.3 is 0 Å². The molecular weight excluding hydrogens is 440 g/mol. The first-order chi connectivity index (χ1) is 16.6. The largest absolute Gasteiger partial charge is 0.341 e. The summed E-state index contributed by atoms with van der Waals surface area (Å²) in [7, 11) is 1.80. The second-order valence-electron chi connectivity index (χ2n) is 9.87. The van der Waals surface area contributed by atoms with E-state index >= 15 is 0 Å². The normalized spacial score (nSPS) is 14.1. The van der Waals surface area contributed by atoms with E-state index in [0.717, 1.165) is 58.6 Å². The van der Waals surface area contributed by atoms with Gasteiger partial charge in [-0.05, 0) is 97.2 Å². The SMILES string of the molecule is C=C(C)/C(=C/C)c1cc(N2CCCc3cc(-c4cnn(C)c4)c(C(F)F)cc32)cc(C(C)C)c1C. The lowest BCUT2D eigenvalue weighted by Gasteiger charge is -2.34. The molecule has 0 bridgehead atoms. The predicted octanol–water partition coefficient (Wildman–Crippen LogP) is 8.52. The molecule has 0 radical (unpaired) electrons. The topological polar surface area (TPSA) is 21.1 Å². The van der Waals surface area contributed by atoms with Crippen LogP contribution in [0.25, 0.3) is 16.7 Å². The Bertz CT molecular complexity index is 1300. The first-order valence-corrected chi connectivity index (χ1v) is 12.3. The number of aromatic nitrogens is 2. The van der Waals surface area contributed by atoms with Crippen molar-refractivity contribution in [2.24, 2.45) is 7.05 Å². The molecule has 1 aliphatic rings. The molecule has 0 amide bonds. The maximum Gasteiger partial charge on any atom is 0.264 e. The van der Waals surface area contributed by atoms with Crippen LogP contribution < -0.4 is 4.90 Å². The van der Waals surface area contributed by atoms with Gasteiger partial charge in [-0.15, -0.1) is 0 Å². The van der Waals surface area contributed by atoms with Gasteiger partial charge in [-0.25, -0.2) is 8.78 Å². The lowest BCUT2D eigenvalue weighted by molar-refractivity contribution is 0.152. The predicted molar refractivity (Wildman–Crippen MR) is 143 cm³/mol. The zero-order valence-corrected chi connectivity index (χ0v) is 21.6. The van der Waals surface area contributed by atoms with Crippen molar-refractivity contribution in [3.63, 3.8) is 0 Å². The van der Waals surface area contributed by atoms with Crippen LogP contribution in [0.2, 0.25) is 0 Å². The first-order valence-electron chi connectivity index (χ1n) is 12.3. The molecular formula is C30H35F2N3. The maximum atomic E-state index is 14.3. The Morgan fingerprint density at radius 3 is 2.46 bits per heavy atom. The highest BCUT2D eigenvalue weighted by Gasteiger charge is 2.26. The molecule has 0 spiro atoms. The molecule has 2 heterocycles. The van der Waals surface area contributed by atoms with Crippen LogP contribution >= 0.6 is 0 Å². The average Bonchev–Trinajstić information content (AvgIpc) is 3.25. The summed E-state index contributed by atoms with van der Waals surface area (Å²) in [5.41, 5.74) is 10.2. The fraction of sp³-hybridized carbons (Fsp3) is 0.367. The maximum absolute atomic E-state index is 14.3. The highest BCUT2D eigenvalue weighted by atomic mass is 19.3. The van der Waals surface area contributed by atoms with Crippen molar-refractivity contribution in [2.75, 3.05) is 11.4 Å². The van der Waals surface area contributed by atoms with Gasteiger partial charge in [0, 0.05) is 42.3 Å². The molecule has 5 heteroatoms. The Kier molecular flexibility index (Phi) is 6.98. The van der Waals surface area contributed by atoms with Crippen molar-refractivity contribution in [1.82, 2.24) is 9.78 Å². The molecule has 1 aliphatic heterocycles. The minimum Gasteiger partial charge on any atom is -0.341 e. The van der Waals surface area contributed by atoms with Crippen molar-refractivity contribution >= 4 is 16.9 Å². The number of aryl methyl sites for hydroxylation is 2. The number of rotatable bonds is 6. The van der Waals surface area contributed by atoms with Gasteiger partial charge in [-0.1, -0.05) is 32.1 Å². The van der Waals surface area contributed by atoms with Gasteiger partial charge in [-0.3, -0.25) is 4.68 Å². The quantitative estimate of drug-likeness (QED) is 0.333. The van der Waals surface area contributed by atoms with Crippen molar-refractivity contribution in [3.05, 3.63) is 82.7 Å². The molecule has 4 rings (SSSR count). The Labute approximate surface area is 207 Å². The number of anilines is 2. The van der Waals surface area contributed by atoms with Gasteiger partial charge in [0.05, 0.1) is 6.20 Å². The summed E-state index contributed by atoms with van der Waals surface area (Å²) in [6, 6.07) is 8.09.